The number of anilines is 1. The molecule has 106 valence electrons. The second kappa shape index (κ2) is 6.73. The van der Waals surface area contributed by atoms with Gasteiger partial charge in [0.25, 0.3) is 0 Å². The summed E-state index contributed by atoms with van der Waals surface area (Å²) in [5.74, 6) is -0.244. The van der Waals surface area contributed by atoms with Gasteiger partial charge < -0.3 is 10.2 Å². The summed E-state index contributed by atoms with van der Waals surface area (Å²) in [6, 6.07) is 12.7. The maximum absolute atomic E-state index is 13.6. The first-order valence-electron chi connectivity index (χ1n) is 6.46. The molecule has 0 amide bonds. The molecule has 0 fully saturated rings. The Morgan fingerprint density at radius 1 is 1.15 bits per heavy atom. The van der Waals surface area contributed by atoms with Crippen molar-refractivity contribution in [3.63, 3.8) is 0 Å². The van der Waals surface area contributed by atoms with E-state index in [1.165, 1.54) is 11.6 Å². The van der Waals surface area contributed by atoms with Crippen LogP contribution in [-0.2, 0) is 13.1 Å². The average Bonchev–Trinajstić information content (AvgIpc) is 2.39. The number of rotatable bonds is 5. The van der Waals surface area contributed by atoms with Gasteiger partial charge in [-0.3, -0.25) is 0 Å². The minimum absolute atomic E-state index is 0.244. The molecule has 0 radical (unpaired) electrons. The molecule has 0 aliphatic rings. The van der Waals surface area contributed by atoms with Crippen LogP contribution in [0, 0.1) is 5.82 Å². The standard InChI is InChI=1S/C16H18ClFN2/c1-20(2)11-12-4-3-5-15(8-12)19-10-13-9-14(17)6-7-16(13)18/h3-9,19H,10-11H2,1-2H3. The Labute approximate surface area is 124 Å². The number of halogens is 2. The first kappa shape index (κ1) is 14.8. The van der Waals surface area contributed by atoms with Crippen LogP contribution >= 0.6 is 11.6 Å². The quantitative estimate of drug-likeness (QED) is 0.890. The van der Waals surface area contributed by atoms with Gasteiger partial charge >= 0.3 is 0 Å². The lowest BCUT2D eigenvalue weighted by Crippen LogP contribution is -2.10. The van der Waals surface area contributed by atoms with Crippen LogP contribution in [0.2, 0.25) is 5.02 Å². The Bertz CT molecular complexity index is 584. The fraction of sp³-hybridized carbons (Fsp3) is 0.250. The second-order valence-corrected chi connectivity index (χ2v) is 5.46. The minimum atomic E-state index is -0.244. The molecule has 2 aromatic carbocycles. The molecule has 20 heavy (non-hydrogen) atoms. The smallest absolute Gasteiger partial charge is 0.128 e. The van der Waals surface area contributed by atoms with E-state index in [4.69, 9.17) is 11.6 Å². The number of benzene rings is 2. The predicted octanol–water partition coefficient (Wildman–Crippen LogP) is 4.15. The summed E-state index contributed by atoms with van der Waals surface area (Å²) in [5.41, 5.74) is 2.76. The third kappa shape index (κ3) is 4.22. The van der Waals surface area contributed by atoms with Crippen molar-refractivity contribution in [2.75, 3.05) is 19.4 Å². The van der Waals surface area contributed by atoms with Crippen LogP contribution in [0.5, 0.6) is 0 Å². The van der Waals surface area contributed by atoms with Gasteiger partial charge in [0.05, 0.1) is 0 Å². The summed E-state index contributed by atoms with van der Waals surface area (Å²) in [4.78, 5) is 2.11. The Kier molecular flexibility index (Phi) is 4.99. The highest BCUT2D eigenvalue weighted by atomic mass is 35.5. The molecular weight excluding hydrogens is 275 g/mol. The van der Waals surface area contributed by atoms with Crippen molar-refractivity contribution in [2.24, 2.45) is 0 Å². The minimum Gasteiger partial charge on any atom is -0.381 e. The Morgan fingerprint density at radius 2 is 1.95 bits per heavy atom. The Balaban J connectivity index is 2.05. The third-order valence-corrected chi connectivity index (χ3v) is 3.15. The van der Waals surface area contributed by atoms with Crippen LogP contribution in [0.25, 0.3) is 0 Å². The second-order valence-electron chi connectivity index (χ2n) is 5.03. The molecule has 0 unspecified atom stereocenters. The molecule has 0 aliphatic carbocycles. The summed E-state index contributed by atoms with van der Waals surface area (Å²) < 4.78 is 13.6. The normalized spacial score (nSPS) is 10.8. The lowest BCUT2D eigenvalue weighted by molar-refractivity contribution is 0.402. The summed E-state index contributed by atoms with van der Waals surface area (Å²) in [5, 5.41) is 3.77. The van der Waals surface area contributed by atoms with Gasteiger partial charge in [-0.25, -0.2) is 4.39 Å². The molecule has 0 spiro atoms. The molecule has 0 aromatic heterocycles. The largest absolute Gasteiger partial charge is 0.381 e. The van der Waals surface area contributed by atoms with Crippen LogP contribution in [0.3, 0.4) is 0 Å². The van der Waals surface area contributed by atoms with Crippen LogP contribution < -0.4 is 5.32 Å². The van der Waals surface area contributed by atoms with E-state index < -0.39 is 0 Å². The van der Waals surface area contributed by atoms with E-state index in [0.717, 1.165) is 12.2 Å². The lowest BCUT2D eigenvalue weighted by Gasteiger charge is -2.12. The van der Waals surface area contributed by atoms with Crippen molar-refractivity contribution in [1.29, 1.82) is 0 Å². The van der Waals surface area contributed by atoms with Gasteiger partial charge in [-0.2, -0.15) is 0 Å². The van der Waals surface area contributed by atoms with Crippen molar-refractivity contribution in [1.82, 2.24) is 4.90 Å². The van der Waals surface area contributed by atoms with E-state index in [1.54, 1.807) is 12.1 Å². The zero-order chi connectivity index (χ0) is 14.5. The van der Waals surface area contributed by atoms with Crippen molar-refractivity contribution in [3.8, 4) is 0 Å². The van der Waals surface area contributed by atoms with Crippen molar-refractivity contribution in [2.45, 2.75) is 13.1 Å². The predicted molar refractivity (Wildman–Crippen MR) is 82.6 cm³/mol. The van der Waals surface area contributed by atoms with E-state index in [-0.39, 0.29) is 5.82 Å². The number of nitrogens with one attached hydrogen (secondary N) is 1. The zero-order valence-electron chi connectivity index (χ0n) is 11.7. The molecule has 4 heteroatoms. The topological polar surface area (TPSA) is 15.3 Å². The van der Waals surface area contributed by atoms with Gasteiger partial charge in [0.2, 0.25) is 0 Å². The van der Waals surface area contributed by atoms with Gasteiger partial charge in [0, 0.05) is 29.4 Å². The zero-order valence-corrected chi connectivity index (χ0v) is 12.4. The van der Waals surface area contributed by atoms with Crippen LogP contribution in [0.4, 0.5) is 10.1 Å². The highest BCUT2D eigenvalue weighted by molar-refractivity contribution is 6.30. The summed E-state index contributed by atoms with van der Waals surface area (Å²) in [6.45, 7) is 1.29. The highest BCUT2D eigenvalue weighted by Crippen LogP contribution is 2.17. The molecule has 0 bridgehead atoms. The molecule has 2 rings (SSSR count). The Hall–Kier alpha value is -1.58. The molecule has 0 aliphatic heterocycles. The van der Waals surface area contributed by atoms with E-state index in [9.17, 15) is 4.39 Å². The lowest BCUT2D eigenvalue weighted by atomic mass is 10.1. The van der Waals surface area contributed by atoms with Gasteiger partial charge in [-0.15, -0.1) is 0 Å². The van der Waals surface area contributed by atoms with E-state index >= 15 is 0 Å². The van der Waals surface area contributed by atoms with Crippen molar-refractivity contribution in [3.05, 3.63) is 64.4 Å². The van der Waals surface area contributed by atoms with Crippen molar-refractivity contribution >= 4 is 17.3 Å². The van der Waals surface area contributed by atoms with Gasteiger partial charge in [0.1, 0.15) is 5.82 Å². The summed E-state index contributed by atoms with van der Waals surface area (Å²) >= 11 is 5.88. The first-order valence-corrected chi connectivity index (χ1v) is 6.84. The molecule has 0 heterocycles. The molecule has 2 aromatic rings. The van der Waals surface area contributed by atoms with Crippen molar-refractivity contribution < 1.29 is 4.39 Å². The van der Waals surface area contributed by atoms with Gasteiger partial charge in [0.15, 0.2) is 0 Å². The third-order valence-electron chi connectivity index (χ3n) is 2.92. The highest BCUT2D eigenvalue weighted by Gasteiger charge is 2.03. The van der Waals surface area contributed by atoms with Crippen LogP contribution in [0.15, 0.2) is 42.5 Å². The summed E-state index contributed by atoms with van der Waals surface area (Å²) in [7, 11) is 4.06. The molecule has 0 saturated heterocycles. The molecule has 0 atom stereocenters. The maximum Gasteiger partial charge on any atom is 0.128 e. The molecule has 1 N–H and O–H groups in total. The maximum atomic E-state index is 13.6. The Morgan fingerprint density at radius 3 is 2.70 bits per heavy atom. The number of hydrogen-bond donors (Lipinski definition) is 1. The van der Waals surface area contributed by atoms with E-state index in [0.29, 0.717) is 17.1 Å². The number of nitrogens with zero attached hydrogens (tertiary/aromatic N) is 1. The van der Waals surface area contributed by atoms with Crippen LogP contribution in [0.1, 0.15) is 11.1 Å². The number of hydrogen-bond acceptors (Lipinski definition) is 2. The fourth-order valence-electron chi connectivity index (χ4n) is 2.02. The first-order chi connectivity index (χ1) is 9.54. The van der Waals surface area contributed by atoms with Gasteiger partial charge in [-0.05, 0) is 50.0 Å². The molecule has 2 nitrogen and oxygen atoms in total. The average molecular weight is 293 g/mol. The van der Waals surface area contributed by atoms with Gasteiger partial charge in [-0.1, -0.05) is 23.7 Å². The fourth-order valence-corrected chi connectivity index (χ4v) is 2.22. The van der Waals surface area contributed by atoms with E-state index in [1.807, 2.05) is 26.2 Å². The summed E-state index contributed by atoms with van der Waals surface area (Å²) in [6.07, 6.45) is 0. The SMILES string of the molecule is CN(C)Cc1cccc(NCc2cc(Cl)ccc2F)c1. The molecular formula is C16H18ClFN2. The monoisotopic (exact) mass is 292 g/mol. The molecule has 0 saturated carbocycles. The van der Waals surface area contributed by atoms with E-state index in [2.05, 4.69) is 22.3 Å². The van der Waals surface area contributed by atoms with Crippen LogP contribution in [-0.4, -0.2) is 19.0 Å².